The van der Waals surface area contributed by atoms with Crippen LogP contribution in [0.5, 0.6) is 0 Å². The highest BCUT2D eigenvalue weighted by atomic mass is 32.1. The molecule has 3 N–H and O–H groups in total. The van der Waals surface area contributed by atoms with E-state index in [0.717, 1.165) is 42.9 Å². The highest BCUT2D eigenvalue weighted by Crippen LogP contribution is 2.32. The van der Waals surface area contributed by atoms with Crippen molar-refractivity contribution in [2.45, 2.75) is 26.3 Å². The Bertz CT molecular complexity index is 1420. The smallest absolute Gasteiger partial charge is 0.143 e. The summed E-state index contributed by atoms with van der Waals surface area (Å²) in [5, 5.41) is 5.26. The van der Waals surface area contributed by atoms with Gasteiger partial charge in [0.25, 0.3) is 0 Å². The molecule has 5 rings (SSSR count). The summed E-state index contributed by atoms with van der Waals surface area (Å²) < 4.78 is 1.02. The van der Waals surface area contributed by atoms with Gasteiger partial charge in [-0.05, 0) is 50.1 Å². The molecule has 0 radical (unpaired) electrons. The number of fused-ring (bicyclic) bond motifs is 2. The van der Waals surface area contributed by atoms with Crippen molar-refractivity contribution in [1.29, 1.82) is 0 Å². The number of pyridine rings is 3. The van der Waals surface area contributed by atoms with Gasteiger partial charge >= 0.3 is 0 Å². The van der Waals surface area contributed by atoms with Gasteiger partial charge in [-0.25, -0.2) is 15.0 Å². The van der Waals surface area contributed by atoms with Crippen LogP contribution >= 0.6 is 11.3 Å². The summed E-state index contributed by atoms with van der Waals surface area (Å²) in [5.41, 5.74) is 10.7. The number of nitrogens with zero attached hydrogens (tertiary/aromatic N) is 4. The first-order chi connectivity index (χ1) is 14.9. The van der Waals surface area contributed by atoms with Gasteiger partial charge in [-0.2, -0.15) is 0 Å². The minimum atomic E-state index is -0.483. The molecule has 0 fully saturated rings. The van der Waals surface area contributed by atoms with E-state index in [0.29, 0.717) is 11.6 Å². The average Bonchev–Trinajstić information content (AvgIpc) is 3.16. The predicted octanol–water partition coefficient (Wildman–Crippen LogP) is 5.55. The van der Waals surface area contributed by atoms with E-state index in [1.807, 2.05) is 75.5 Å². The van der Waals surface area contributed by atoms with Crippen molar-refractivity contribution in [2.24, 2.45) is 5.73 Å². The summed E-state index contributed by atoms with van der Waals surface area (Å²) >= 11 is 1.59. The molecule has 0 amide bonds. The van der Waals surface area contributed by atoms with Crippen molar-refractivity contribution in [3.8, 4) is 10.7 Å². The molecule has 0 spiro atoms. The zero-order valence-electron chi connectivity index (χ0n) is 17.5. The van der Waals surface area contributed by atoms with Crippen LogP contribution in [0.4, 0.5) is 11.6 Å². The molecule has 0 atom stereocenters. The molecule has 4 heterocycles. The van der Waals surface area contributed by atoms with E-state index < -0.39 is 5.54 Å². The monoisotopic (exact) mass is 426 g/mol. The fraction of sp³-hybridized carbons (Fsp3) is 0.167. The second-order valence-electron chi connectivity index (χ2n) is 8.15. The van der Waals surface area contributed by atoms with Crippen LogP contribution in [0.25, 0.3) is 31.8 Å². The molecule has 0 aliphatic rings. The normalized spacial score (nSPS) is 11.9. The molecule has 0 saturated heterocycles. The maximum atomic E-state index is 6.36. The summed E-state index contributed by atoms with van der Waals surface area (Å²) in [5.74, 6) is 1.41. The van der Waals surface area contributed by atoms with Crippen molar-refractivity contribution in [3.63, 3.8) is 0 Å². The molecule has 1 aromatic carbocycles. The third kappa shape index (κ3) is 3.73. The standard InChI is InChI=1S/C24H22N6S/c1-14-6-5-11-26-21(14)23-28-17-12-20(27-13-18(17)31-23)29-19-10-9-15-7-4-8-16(22(15)30-19)24(2,3)25/h4-13H,25H2,1-3H3,(H,27,29,30). The third-order valence-electron chi connectivity index (χ3n) is 5.16. The molecule has 7 heteroatoms. The summed E-state index contributed by atoms with van der Waals surface area (Å²) in [6.07, 6.45) is 3.63. The molecular weight excluding hydrogens is 404 g/mol. The molecule has 0 saturated carbocycles. The van der Waals surface area contributed by atoms with Gasteiger partial charge in [0, 0.05) is 29.4 Å². The molecule has 0 aliphatic carbocycles. The van der Waals surface area contributed by atoms with Crippen LogP contribution in [0.1, 0.15) is 25.0 Å². The SMILES string of the molecule is Cc1cccnc1-c1nc2cc(Nc3ccc4cccc(C(C)(C)N)c4n3)ncc2s1. The first-order valence-electron chi connectivity index (χ1n) is 10.0. The maximum Gasteiger partial charge on any atom is 0.143 e. The van der Waals surface area contributed by atoms with E-state index in [1.54, 1.807) is 17.5 Å². The summed E-state index contributed by atoms with van der Waals surface area (Å²) in [6, 6.07) is 16.0. The van der Waals surface area contributed by atoms with Crippen molar-refractivity contribution in [2.75, 3.05) is 5.32 Å². The summed E-state index contributed by atoms with van der Waals surface area (Å²) in [6.45, 7) is 6.02. The van der Waals surface area contributed by atoms with Gasteiger partial charge in [0.15, 0.2) is 0 Å². The van der Waals surface area contributed by atoms with Crippen LogP contribution in [-0.4, -0.2) is 19.9 Å². The molecule has 5 aromatic rings. The summed E-state index contributed by atoms with van der Waals surface area (Å²) in [4.78, 5) is 18.6. The van der Waals surface area contributed by atoms with Gasteiger partial charge in [-0.1, -0.05) is 24.3 Å². The topological polar surface area (TPSA) is 89.6 Å². The van der Waals surface area contributed by atoms with Gasteiger partial charge in [0.2, 0.25) is 0 Å². The van der Waals surface area contributed by atoms with Gasteiger partial charge in [0.05, 0.1) is 15.7 Å². The lowest BCUT2D eigenvalue weighted by atomic mass is 9.93. The van der Waals surface area contributed by atoms with Crippen molar-refractivity contribution >= 4 is 44.1 Å². The van der Waals surface area contributed by atoms with Crippen molar-refractivity contribution < 1.29 is 0 Å². The number of benzene rings is 1. The van der Waals surface area contributed by atoms with Gasteiger partial charge in [-0.3, -0.25) is 4.98 Å². The fourth-order valence-corrected chi connectivity index (χ4v) is 4.56. The second-order valence-corrected chi connectivity index (χ2v) is 9.18. The molecule has 154 valence electrons. The van der Waals surface area contributed by atoms with Crippen molar-refractivity contribution in [3.05, 3.63) is 72.1 Å². The zero-order valence-corrected chi connectivity index (χ0v) is 18.4. The molecular formula is C24H22N6S. The minimum Gasteiger partial charge on any atom is -0.325 e. The number of hydrogen-bond donors (Lipinski definition) is 2. The van der Waals surface area contributed by atoms with Gasteiger partial charge < -0.3 is 11.1 Å². The Morgan fingerprint density at radius 2 is 1.84 bits per heavy atom. The minimum absolute atomic E-state index is 0.483. The Kier molecular flexibility index (Phi) is 4.64. The predicted molar refractivity (Wildman–Crippen MR) is 128 cm³/mol. The number of nitrogens with one attached hydrogen (secondary N) is 1. The first kappa shape index (κ1) is 19.5. The number of thiazole rings is 1. The molecule has 4 aromatic heterocycles. The number of nitrogens with two attached hydrogens (primary N) is 1. The maximum absolute atomic E-state index is 6.36. The van der Waals surface area contributed by atoms with E-state index >= 15 is 0 Å². The zero-order chi connectivity index (χ0) is 21.6. The number of aromatic nitrogens is 4. The number of aryl methyl sites for hydroxylation is 1. The van der Waals surface area contributed by atoms with E-state index in [9.17, 15) is 0 Å². The number of hydrogen-bond acceptors (Lipinski definition) is 7. The lowest BCUT2D eigenvalue weighted by Gasteiger charge is -2.21. The highest BCUT2D eigenvalue weighted by molar-refractivity contribution is 7.21. The lowest BCUT2D eigenvalue weighted by molar-refractivity contribution is 0.558. The Morgan fingerprint density at radius 3 is 2.65 bits per heavy atom. The average molecular weight is 427 g/mol. The Hall–Kier alpha value is -3.42. The van der Waals surface area contributed by atoms with Crippen LogP contribution in [0, 0.1) is 6.92 Å². The summed E-state index contributed by atoms with van der Waals surface area (Å²) in [7, 11) is 0. The first-order valence-corrected chi connectivity index (χ1v) is 10.8. The molecule has 0 unspecified atom stereocenters. The van der Waals surface area contributed by atoms with Gasteiger partial charge in [-0.15, -0.1) is 11.3 Å². The second kappa shape index (κ2) is 7.37. The molecule has 0 aliphatic heterocycles. The number of rotatable bonds is 4. The Morgan fingerprint density at radius 1 is 0.968 bits per heavy atom. The van der Waals surface area contributed by atoms with Crippen LogP contribution in [0.3, 0.4) is 0 Å². The molecule has 6 nitrogen and oxygen atoms in total. The Balaban J connectivity index is 1.50. The number of para-hydroxylation sites is 1. The van der Waals surface area contributed by atoms with E-state index in [2.05, 4.69) is 15.3 Å². The molecule has 31 heavy (non-hydrogen) atoms. The van der Waals surface area contributed by atoms with E-state index in [1.165, 1.54) is 0 Å². The largest absolute Gasteiger partial charge is 0.325 e. The third-order valence-corrected chi connectivity index (χ3v) is 6.17. The highest BCUT2D eigenvalue weighted by Gasteiger charge is 2.18. The van der Waals surface area contributed by atoms with Gasteiger partial charge in [0.1, 0.15) is 22.3 Å². The van der Waals surface area contributed by atoms with Crippen LogP contribution < -0.4 is 11.1 Å². The molecule has 0 bridgehead atoms. The van der Waals surface area contributed by atoms with Crippen LogP contribution in [0.2, 0.25) is 0 Å². The fourth-order valence-electron chi connectivity index (χ4n) is 3.58. The lowest BCUT2D eigenvalue weighted by Crippen LogP contribution is -2.29. The van der Waals surface area contributed by atoms with E-state index in [-0.39, 0.29) is 0 Å². The van der Waals surface area contributed by atoms with Crippen molar-refractivity contribution in [1.82, 2.24) is 19.9 Å². The van der Waals surface area contributed by atoms with Crippen LogP contribution in [0.15, 0.2) is 60.9 Å². The van der Waals surface area contributed by atoms with Crippen LogP contribution in [-0.2, 0) is 5.54 Å². The number of anilines is 2. The Labute approximate surface area is 184 Å². The van der Waals surface area contributed by atoms with E-state index in [4.69, 9.17) is 15.7 Å². The quantitative estimate of drug-likeness (QED) is 0.392.